The van der Waals surface area contributed by atoms with E-state index in [1.165, 1.54) is 20.8 Å². The van der Waals surface area contributed by atoms with Crippen molar-refractivity contribution in [3.05, 3.63) is 0 Å². The number of nitrogens with two attached hydrogens (primary N) is 4. The Hall–Kier alpha value is -3.66. The van der Waals surface area contributed by atoms with Gasteiger partial charge in [-0.15, -0.1) is 0 Å². The standard InChI is InChI=1S/C10H17NO4.C9H18N2O3.C9H17NO4.C9H17NO3S/c1-7(12)6-8(13)4-2-3-5-9(11)10(14)15;1-7(12)6-11-5-3-2-4-8(10)9(13)14;2*1-7(11)6-14-5-3-2-4-8(10)9(12)13/h9H,2-6,11H2,1H3,(H,14,15);8,11H,2-6,10H2,1H3,(H,13,14);2*8H,2-6,10H2,1H3,(H,12,13). The Kier molecular flexibility index (Phi) is 42.7. The molecular weight excluding hydrogens is 770 g/mol. The minimum atomic E-state index is -1.02. The number of ketones is 5. The molecule has 332 valence electrons. The molecule has 0 heterocycles. The van der Waals surface area contributed by atoms with E-state index in [0.717, 1.165) is 44.4 Å². The molecule has 0 fully saturated rings. The Morgan fingerprint density at radius 3 is 1.35 bits per heavy atom. The summed E-state index contributed by atoms with van der Waals surface area (Å²) in [4.78, 5) is 94.5. The molecule has 0 aromatic carbocycles. The number of Topliss-reactive ketones (excluding diaryl/α,β-unsaturated/α-hetero) is 5. The van der Waals surface area contributed by atoms with E-state index in [1.807, 2.05) is 0 Å². The number of hydrogen-bond acceptors (Lipinski definition) is 16. The largest absolute Gasteiger partial charge is 0.480 e. The molecule has 4 unspecified atom stereocenters. The smallest absolute Gasteiger partial charge is 0.320 e. The molecule has 0 aliphatic carbocycles. The summed E-state index contributed by atoms with van der Waals surface area (Å²) in [6.45, 7) is 7.63. The average Bonchev–Trinajstić information content (AvgIpc) is 3.10. The zero-order valence-corrected chi connectivity index (χ0v) is 34.9. The van der Waals surface area contributed by atoms with Crippen molar-refractivity contribution in [3.8, 4) is 0 Å². The highest BCUT2D eigenvalue weighted by Gasteiger charge is 2.13. The highest BCUT2D eigenvalue weighted by atomic mass is 32.2. The maximum atomic E-state index is 11.1. The van der Waals surface area contributed by atoms with Gasteiger partial charge in [0.1, 0.15) is 53.9 Å². The summed E-state index contributed by atoms with van der Waals surface area (Å²) >= 11 is 1.58. The first kappa shape index (κ1) is 60.0. The van der Waals surface area contributed by atoms with Crippen LogP contribution >= 0.6 is 11.8 Å². The van der Waals surface area contributed by atoms with Crippen LogP contribution in [0.5, 0.6) is 0 Å². The molecular formula is C37H69N5O14S. The summed E-state index contributed by atoms with van der Waals surface area (Å²) in [5.41, 5.74) is 21.2. The van der Waals surface area contributed by atoms with Crippen LogP contribution < -0.4 is 28.3 Å². The summed E-state index contributed by atoms with van der Waals surface area (Å²) < 4.78 is 5.00. The van der Waals surface area contributed by atoms with Crippen molar-refractivity contribution in [2.24, 2.45) is 22.9 Å². The normalized spacial score (nSPS) is 12.4. The molecule has 20 heteroatoms. The predicted octanol–water partition coefficient (Wildman–Crippen LogP) is 1.32. The molecule has 0 aromatic heterocycles. The molecule has 0 aliphatic heterocycles. The van der Waals surface area contributed by atoms with Gasteiger partial charge in [-0.25, -0.2) is 0 Å². The van der Waals surface area contributed by atoms with Crippen LogP contribution in [0.1, 0.15) is 118 Å². The molecule has 0 spiro atoms. The van der Waals surface area contributed by atoms with Crippen LogP contribution in [0.15, 0.2) is 0 Å². The van der Waals surface area contributed by atoms with Crippen molar-refractivity contribution in [2.75, 3.05) is 37.8 Å². The van der Waals surface area contributed by atoms with E-state index < -0.39 is 48.0 Å². The summed E-state index contributed by atoms with van der Waals surface area (Å²) in [5, 5.41) is 36.8. The average molecular weight is 840 g/mol. The number of carboxylic acid groups (broad SMARTS) is 4. The Morgan fingerprint density at radius 2 is 0.965 bits per heavy atom. The van der Waals surface area contributed by atoms with Gasteiger partial charge in [-0.2, -0.15) is 11.8 Å². The fourth-order valence-electron chi connectivity index (χ4n) is 3.99. The van der Waals surface area contributed by atoms with Gasteiger partial charge in [0.2, 0.25) is 0 Å². The van der Waals surface area contributed by atoms with Gasteiger partial charge in [0.15, 0.2) is 5.78 Å². The molecule has 57 heavy (non-hydrogen) atoms. The summed E-state index contributed by atoms with van der Waals surface area (Å²) in [6.07, 6.45) is 8.04. The first-order valence-electron chi connectivity index (χ1n) is 18.8. The molecule has 0 saturated carbocycles. The van der Waals surface area contributed by atoms with Crippen LogP contribution in [-0.2, 0) is 47.9 Å². The van der Waals surface area contributed by atoms with Crippen LogP contribution in [0.4, 0.5) is 0 Å². The summed E-state index contributed by atoms with van der Waals surface area (Å²) in [6, 6.07) is -3.15. The van der Waals surface area contributed by atoms with Crippen molar-refractivity contribution in [1.82, 2.24) is 5.32 Å². The number of rotatable bonds is 32. The maximum absolute atomic E-state index is 11.1. The second kappa shape index (κ2) is 40.5. The van der Waals surface area contributed by atoms with Crippen molar-refractivity contribution < 1.29 is 68.3 Å². The maximum Gasteiger partial charge on any atom is 0.320 e. The highest BCUT2D eigenvalue weighted by Crippen LogP contribution is 2.08. The Morgan fingerprint density at radius 1 is 0.544 bits per heavy atom. The van der Waals surface area contributed by atoms with Gasteiger partial charge in [0, 0.05) is 13.0 Å². The van der Waals surface area contributed by atoms with Gasteiger partial charge in [0.05, 0.1) is 18.7 Å². The van der Waals surface area contributed by atoms with Gasteiger partial charge >= 0.3 is 23.9 Å². The molecule has 0 rings (SSSR count). The minimum Gasteiger partial charge on any atom is -0.480 e. The Bertz CT molecular complexity index is 1090. The van der Waals surface area contributed by atoms with Crippen molar-refractivity contribution >= 4 is 64.6 Å². The number of unbranched alkanes of at least 4 members (excludes halogenated alkanes) is 4. The van der Waals surface area contributed by atoms with E-state index in [2.05, 4.69) is 5.32 Å². The van der Waals surface area contributed by atoms with Gasteiger partial charge in [-0.05, 0) is 97.8 Å². The molecule has 4 atom stereocenters. The molecule has 0 aliphatic rings. The predicted molar refractivity (Wildman–Crippen MR) is 216 cm³/mol. The van der Waals surface area contributed by atoms with E-state index in [0.29, 0.717) is 70.3 Å². The second-order valence-corrected chi connectivity index (χ2v) is 14.4. The first-order chi connectivity index (χ1) is 26.5. The fourth-order valence-corrected chi connectivity index (χ4v) is 4.83. The SMILES string of the molecule is CC(=O)CC(=O)CCCCC(N)C(=O)O.CC(=O)CNCCCCC(N)C(=O)O.CC(=O)COCCCCC(N)C(=O)O.CC(=O)CSCCCCC(N)C(=O)O. The van der Waals surface area contributed by atoms with Gasteiger partial charge in [-0.3, -0.25) is 43.2 Å². The minimum absolute atomic E-state index is 0.00719. The van der Waals surface area contributed by atoms with Crippen LogP contribution in [-0.4, -0.2) is 135 Å². The number of carbonyl (C=O) groups is 9. The number of nitrogens with one attached hydrogen (secondary N) is 1. The van der Waals surface area contributed by atoms with E-state index in [-0.39, 0.29) is 41.9 Å². The number of ether oxygens (including phenoxy) is 1. The second-order valence-electron chi connectivity index (χ2n) is 13.3. The Labute approximate surface area is 340 Å². The third-order valence-corrected chi connectivity index (χ3v) is 8.33. The molecule has 0 bridgehead atoms. The third kappa shape index (κ3) is 52.3. The molecule has 0 amide bonds. The van der Waals surface area contributed by atoms with Crippen LogP contribution in [0.2, 0.25) is 0 Å². The van der Waals surface area contributed by atoms with Crippen molar-refractivity contribution in [2.45, 2.75) is 142 Å². The van der Waals surface area contributed by atoms with Gasteiger partial charge < -0.3 is 53.4 Å². The quantitative estimate of drug-likeness (QED) is 0.0340. The van der Waals surface area contributed by atoms with Crippen LogP contribution in [0.3, 0.4) is 0 Å². The lowest BCUT2D eigenvalue weighted by molar-refractivity contribution is -0.139. The number of hydrogen-bond donors (Lipinski definition) is 9. The molecule has 0 saturated heterocycles. The van der Waals surface area contributed by atoms with E-state index >= 15 is 0 Å². The summed E-state index contributed by atoms with van der Waals surface area (Å²) in [5.74, 6) is -2.41. The van der Waals surface area contributed by atoms with E-state index in [1.54, 1.807) is 18.7 Å². The van der Waals surface area contributed by atoms with Crippen LogP contribution in [0, 0.1) is 0 Å². The zero-order chi connectivity index (χ0) is 44.8. The number of aliphatic carboxylic acids is 4. The molecule has 0 aromatic rings. The Balaban J connectivity index is -0.000000329. The highest BCUT2D eigenvalue weighted by molar-refractivity contribution is 7.99. The molecule has 0 radical (unpaired) electrons. The van der Waals surface area contributed by atoms with E-state index in [4.69, 9.17) is 48.1 Å². The third-order valence-electron chi connectivity index (χ3n) is 7.15. The lowest BCUT2D eigenvalue weighted by atomic mass is 10.1. The number of carbonyl (C=O) groups excluding carboxylic acids is 5. The van der Waals surface area contributed by atoms with E-state index in [9.17, 15) is 43.2 Å². The monoisotopic (exact) mass is 839 g/mol. The van der Waals surface area contributed by atoms with Crippen molar-refractivity contribution in [1.29, 1.82) is 0 Å². The topological polar surface area (TPSA) is 360 Å². The molecule has 13 N–H and O–H groups in total. The fraction of sp³-hybridized carbons (Fsp3) is 0.757. The molecule has 19 nitrogen and oxygen atoms in total. The zero-order valence-electron chi connectivity index (χ0n) is 34.0. The van der Waals surface area contributed by atoms with Crippen molar-refractivity contribution in [3.63, 3.8) is 0 Å². The lowest BCUT2D eigenvalue weighted by Crippen LogP contribution is -2.30. The lowest BCUT2D eigenvalue weighted by Gasteiger charge is -2.05. The number of thioether (sulfide) groups is 1. The van der Waals surface area contributed by atoms with Gasteiger partial charge in [0.25, 0.3) is 0 Å². The number of carboxylic acids is 4. The van der Waals surface area contributed by atoms with Gasteiger partial charge in [-0.1, -0.05) is 19.3 Å². The van der Waals surface area contributed by atoms with Crippen LogP contribution in [0.25, 0.3) is 0 Å². The summed E-state index contributed by atoms with van der Waals surface area (Å²) in [7, 11) is 0. The first-order valence-corrected chi connectivity index (χ1v) is 20.0.